The van der Waals surface area contributed by atoms with Gasteiger partial charge < -0.3 is 0 Å². The van der Waals surface area contributed by atoms with E-state index < -0.39 is 47.5 Å². The second-order valence-electron chi connectivity index (χ2n) is 5.51. The van der Waals surface area contributed by atoms with E-state index in [1.54, 1.807) is 0 Å². The summed E-state index contributed by atoms with van der Waals surface area (Å²) in [5.74, 6) is -1.80. The van der Waals surface area contributed by atoms with Gasteiger partial charge >= 0.3 is 0 Å². The zero-order chi connectivity index (χ0) is 13.5. The van der Waals surface area contributed by atoms with Gasteiger partial charge in [-0.05, 0) is 0 Å². The number of hydrogen-bond donors (Lipinski definition) is 0. The van der Waals surface area contributed by atoms with Crippen molar-refractivity contribution in [1.29, 1.82) is 0 Å². The second-order valence-corrected chi connectivity index (χ2v) is 9.63. The zero-order valence-electron chi connectivity index (χ0n) is 8.44. The molecule has 0 radical (unpaired) electrons. The van der Waals surface area contributed by atoms with Crippen LogP contribution in [0, 0.1) is 17.8 Å². The van der Waals surface area contributed by atoms with Gasteiger partial charge in [0.25, 0.3) is 0 Å². The van der Waals surface area contributed by atoms with Crippen molar-refractivity contribution in [3.8, 4) is 0 Å². The highest BCUT2D eigenvalue weighted by Gasteiger charge is 3.01. The van der Waals surface area contributed by atoms with Gasteiger partial charge in [0.15, 0.2) is 4.33 Å². The number of hydrogen-bond acceptors (Lipinski definition) is 1. The van der Waals surface area contributed by atoms with E-state index in [9.17, 15) is 4.79 Å². The summed E-state index contributed by atoms with van der Waals surface area (Å²) in [6.45, 7) is 0. The molecule has 4 aliphatic carbocycles. The average Bonchev–Trinajstić information content (AvgIpc) is 2.69. The molecule has 0 aromatic rings. The van der Waals surface area contributed by atoms with Crippen LogP contribution in [0.4, 0.5) is 0 Å². The van der Waals surface area contributed by atoms with Crippen LogP contribution in [-0.2, 0) is 4.79 Å². The summed E-state index contributed by atoms with van der Waals surface area (Å²) in [6, 6.07) is 0. The zero-order valence-corrected chi connectivity index (χ0v) is 13.7. The van der Waals surface area contributed by atoms with E-state index in [0.29, 0.717) is 0 Å². The van der Waals surface area contributed by atoms with Gasteiger partial charge in [0.2, 0.25) is 0 Å². The molecule has 0 spiro atoms. The molecule has 0 amide bonds. The number of Topliss-reactive ketones (excluding diaryl/α,β-unsaturated/α-hetero) is 1. The van der Waals surface area contributed by atoms with E-state index in [-0.39, 0.29) is 5.78 Å². The molecule has 4 bridgehead atoms. The number of carbonyl (C=O) groups is 1. The molecule has 1 nitrogen and oxygen atoms in total. The fraction of sp³-hybridized carbons (Fsp3) is 0.900. The van der Waals surface area contributed by atoms with Crippen molar-refractivity contribution in [2.75, 3.05) is 0 Å². The van der Waals surface area contributed by atoms with Crippen molar-refractivity contribution in [2.24, 2.45) is 17.8 Å². The first-order valence-electron chi connectivity index (χ1n) is 5.36. The molecule has 4 rings (SSSR count). The molecule has 0 heterocycles. The predicted octanol–water partition coefficient (Wildman–Crippen LogP) is 3.78. The molecule has 0 N–H and O–H groups in total. The molecule has 0 aromatic heterocycles. The van der Waals surface area contributed by atoms with Gasteiger partial charge in [-0.25, -0.2) is 0 Å². The Balaban J connectivity index is 2.14. The monoisotopic (exact) mass is 386 g/mol. The highest BCUT2D eigenvalue weighted by Crippen LogP contribution is 2.88. The molecule has 18 heavy (non-hydrogen) atoms. The Morgan fingerprint density at radius 1 is 0.889 bits per heavy atom. The number of ketones is 1. The molecule has 0 aliphatic heterocycles. The van der Waals surface area contributed by atoms with Gasteiger partial charge in [0.05, 0.1) is 21.5 Å². The minimum Gasteiger partial charge on any atom is -0.299 e. The van der Waals surface area contributed by atoms with Crippen LogP contribution >= 0.6 is 81.2 Å². The smallest absolute Gasteiger partial charge is 0.160 e. The lowest BCUT2D eigenvalue weighted by Crippen LogP contribution is -2.64. The van der Waals surface area contributed by atoms with Crippen LogP contribution in [0.25, 0.3) is 0 Å². The van der Waals surface area contributed by atoms with E-state index in [2.05, 4.69) is 0 Å². The molecule has 100 valence electrons. The lowest BCUT2D eigenvalue weighted by Gasteiger charge is -2.50. The molecule has 8 unspecified atom stereocenters. The van der Waals surface area contributed by atoms with Crippen molar-refractivity contribution in [1.82, 2.24) is 0 Å². The Bertz CT molecular complexity index is 508. The third kappa shape index (κ3) is 0.797. The molecule has 4 fully saturated rings. The fourth-order valence-corrected chi connectivity index (χ4v) is 9.32. The summed E-state index contributed by atoms with van der Waals surface area (Å²) in [5, 5.41) is -1.31. The van der Waals surface area contributed by atoms with E-state index in [1.807, 2.05) is 0 Å². The molecule has 8 atom stereocenters. The Labute approximate surface area is 138 Å². The summed E-state index contributed by atoms with van der Waals surface area (Å²) >= 11 is 45.3. The highest BCUT2D eigenvalue weighted by atomic mass is 35.5. The first-order chi connectivity index (χ1) is 8.09. The van der Waals surface area contributed by atoms with Gasteiger partial charge in [0, 0.05) is 11.8 Å². The third-order valence-corrected chi connectivity index (χ3v) is 10.7. The van der Waals surface area contributed by atoms with E-state index in [4.69, 9.17) is 81.2 Å². The standard InChI is InChI=1S/C10H5Cl7O/c11-4-1-2-5(18)3(4)7(13)6(12)8(1,14)10(16,17)9(2,7)15/h1-4,6H. The molecule has 4 aliphatic rings. The summed E-state index contributed by atoms with van der Waals surface area (Å²) in [5.41, 5.74) is 0. The predicted molar refractivity (Wildman–Crippen MR) is 74.9 cm³/mol. The van der Waals surface area contributed by atoms with E-state index in [0.717, 1.165) is 0 Å². The molecular formula is C10H5Cl7O. The molecule has 8 heteroatoms. The maximum atomic E-state index is 12.4. The van der Waals surface area contributed by atoms with Crippen molar-refractivity contribution in [3.05, 3.63) is 0 Å². The molecule has 0 saturated heterocycles. The van der Waals surface area contributed by atoms with Crippen LogP contribution < -0.4 is 0 Å². The van der Waals surface area contributed by atoms with Crippen LogP contribution in [0.2, 0.25) is 0 Å². The summed E-state index contributed by atoms with van der Waals surface area (Å²) in [7, 11) is 0. The molecule has 0 aromatic carbocycles. The van der Waals surface area contributed by atoms with E-state index in [1.165, 1.54) is 0 Å². The van der Waals surface area contributed by atoms with Crippen molar-refractivity contribution < 1.29 is 4.79 Å². The van der Waals surface area contributed by atoms with Crippen molar-refractivity contribution >= 4 is 87.0 Å². The van der Waals surface area contributed by atoms with Crippen LogP contribution in [0.3, 0.4) is 0 Å². The van der Waals surface area contributed by atoms with Gasteiger partial charge in [0.1, 0.15) is 15.5 Å². The molecule has 4 saturated carbocycles. The minimum absolute atomic E-state index is 0.110. The van der Waals surface area contributed by atoms with Crippen LogP contribution in [0.15, 0.2) is 0 Å². The lowest BCUT2D eigenvalue weighted by atomic mass is 9.69. The minimum atomic E-state index is -1.58. The Hall–Kier alpha value is 1.70. The number of halogens is 7. The first kappa shape index (κ1) is 13.4. The number of rotatable bonds is 0. The summed E-state index contributed by atoms with van der Waals surface area (Å²) < 4.78 is -1.58. The SMILES string of the molecule is O=C1C2C(Cl)C3C1C1(Cl)C2(Cl)C(Cl)C3(Cl)C1(Cl)Cl. The highest BCUT2D eigenvalue weighted by molar-refractivity contribution is 6.65. The normalized spacial score (nSPS) is 70.6. The number of alkyl halides is 7. The van der Waals surface area contributed by atoms with Crippen LogP contribution in [0.5, 0.6) is 0 Å². The molecular weight excluding hydrogens is 384 g/mol. The quantitative estimate of drug-likeness (QED) is 0.577. The lowest BCUT2D eigenvalue weighted by molar-refractivity contribution is -0.121. The van der Waals surface area contributed by atoms with E-state index >= 15 is 0 Å². The first-order valence-corrected chi connectivity index (χ1v) is 8.12. The van der Waals surface area contributed by atoms with Gasteiger partial charge in [-0.1, -0.05) is 23.2 Å². The maximum absolute atomic E-state index is 12.4. The van der Waals surface area contributed by atoms with Gasteiger partial charge in [-0.2, -0.15) is 0 Å². The Morgan fingerprint density at radius 2 is 1.44 bits per heavy atom. The van der Waals surface area contributed by atoms with Gasteiger partial charge in [-0.3, -0.25) is 4.79 Å². The van der Waals surface area contributed by atoms with Crippen LogP contribution in [0.1, 0.15) is 0 Å². The van der Waals surface area contributed by atoms with Crippen molar-refractivity contribution in [3.63, 3.8) is 0 Å². The second kappa shape index (κ2) is 3.07. The average molecular weight is 389 g/mol. The third-order valence-electron chi connectivity index (χ3n) is 5.23. The maximum Gasteiger partial charge on any atom is 0.160 e. The largest absolute Gasteiger partial charge is 0.299 e. The number of carbonyl (C=O) groups excluding carboxylic acids is 1. The van der Waals surface area contributed by atoms with Crippen LogP contribution in [-0.4, -0.2) is 35.5 Å². The summed E-state index contributed by atoms with van der Waals surface area (Å²) in [6.07, 6.45) is 0. The van der Waals surface area contributed by atoms with Gasteiger partial charge in [-0.15, -0.1) is 58.0 Å². The number of fused-ring (bicyclic) bond motifs is 4. The fourth-order valence-electron chi connectivity index (χ4n) is 4.64. The summed E-state index contributed by atoms with van der Waals surface area (Å²) in [4.78, 5) is 8.46. The van der Waals surface area contributed by atoms with Crippen molar-refractivity contribution in [2.45, 2.75) is 29.7 Å². The Kier molecular flexibility index (Phi) is 2.28. The topological polar surface area (TPSA) is 17.1 Å². The Morgan fingerprint density at radius 3 is 2.00 bits per heavy atom.